The molecule has 0 bridgehead atoms. The quantitative estimate of drug-likeness (QED) is 0.670. The number of para-hydroxylation sites is 1. The van der Waals surface area contributed by atoms with E-state index in [2.05, 4.69) is 22.6 Å². The molecule has 1 aromatic heterocycles. The summed E-state index contributed by atoms with van der Waals surface area (Å²) in [5.41, 5.74) is 2.43. The summed E-state index contributed by atoms with van der Waals surface area (Å²) in [6.07, 6.45) is 3.93. The molecule has 24 heavy (non-hydrogen) atoms. The summed E-state index contributed by atoms with van der Waals surface area (Å²) >= 11 is 0. The second kappa shape index (κ2) is 7.73. The lowest BCUT2D eigenvalue weighted by molar-refractivity contribution is 0.0912. The first kappa shape index (κ1) is 16.2. The Morgan fingerprint density at radius 1 is 1.08 bits per heavy atom. The van der Waals surface area contributed by atoms with Crippen molar-refractivity contribution in [2.45, 2.75) is 38.8 Å². The molecule has 0 fully saturated rings. The van der Waals surface area contributed by atoms with Crippen LogP contribution in [0, 0.1) is 0 Å². The predicted molar refractivity (Wildman–Crippen MR) is 94.6 cm³/mol. The van der Waals surface area contributed by atoms with Crippen LogP contribution in [-0.2, 0) is 0 Å². The molecule has 0 saturated heterocycles. The van der Waals surface area contributed by atoms with Gasteiger partial charge in [0, 0.05) is 5.56 Å². The molecular weight excluding hydrogens is 300 g/mol. The lowest BCUT2D eigenvalue weighted by atomic mass is 10.1. The van der Waals surface area contributed by atoms with Gasteiger partial charge >= 0.3 is 0 Å². The minimum absolute atomic E-state index is 0.0864. The normalized spacial score (nSPS) is 12.2. The molecule has 3 aromatic rings. The number of benzene rings is 2. The number of nitrogens with one attached hydrogen (secondary N) is 1. The van der Waals surface area contributed by atoms with Gasteiger partial charge < -0.3 is 5.32 Å². The number of unbranched alkanes of at least 4 members (excludes halogenated alkanes) is 2. The van der Waals surface area contributed by atoms with Gasteiger partial charge in [-0.1, -0.05) is 55.3 Å². The smallest absolute Gasteiger partial charge is 0.252 e. The maximum absolute atomic E-state index is 12.5. The van der Waals surface area contributed by atoms with Crippen molar-refractivity contribution in [2.75, 3.05) is 0 Å². The van der Waals surface area contributed by atoms with Crippen molar-refractivity contribution in [3.05, 3.63) is 60.2 Å². The molecule has 0 aliphatic carbocycles. The molecule has 0 aliphatic rings. The molecule has 1 atom stereocenters. The summed E-state index contributed by atoms with van der Waals surface area (Å²) in [4.78, 5) is 12.5. The van der Waals surface area contributed by atoms with E-state index in [1.807, 2.05) is 59.3 Å². The summed E-state index contributed by atoms with van der Waals surface area (Å²) in [6.45, 7) is 2.17. The van der Waals surface area contributed by atoms with Crippen molar-refractivity contribution in [1.82, 2.24) is 20.3 Å². The van der Waals surface area contributed by atoms with Gasteiger partial charge in [-0.15, -0.1) is 5.10 Å². The summed E-state index contributed by atoms with van der Waals surface area (Å²) in [6, 6.07) is 17.1. The van der Waals surface area contributed by atoms with Gasteiger partial charge in [-0.25, -0.2) is 4.68 Å². The molecule has 1 N–H and O–H groups in total. The van der Waals surface area contributed by atoms with Crippen LogP contribution in [0.15, 0.2) is 54.6 Å². The van der Waals surface area contributed by atoms with Crippen LogP contribution in [0.2, 0.25) is 0 Å². The van der Waals surface area contributed by atoms with E-state index < -0.39 is 0 Å². The maximum Gasteiger partial charge on any atom is 0.252 e. The van der Waals surface area contributed by atoms with Crippen molar-refractivity contribution < 1.29 is 4.79 Å². The predicted octanol–water partition coefficient (Wildman–Crippen LogP) is 3.94. The standard InChI is InChI=1S/C19H22N4O/c1-2-3-5-14-18(20-19(24)15-10-6-4-7-11-15)23-17-13-9-8-12-16(17)21-22-23/h4,6-13,18H,2-3,5,14H2,1H3,(H,20,24). The number of hydrogen-bond acceptors (Lipinski definition) is 3. The Hall–Kier alpha value is -2.69. The number of nitrogens with zero attached hydrogens (tertiary/aromatic N) is 3. The molecule has 0 radical (unpaired) electrons. The zero-order valence-corrected chi connectivity index (χ0v) is 13.9. The van der Waals surface area contributed by atoms with E-state index in [0.717, 1.165) is 36.7 Å². The highest BCUT2D eigenvalue weighted by molar-refractivity contribution is 5.94. The van der Waals surface area contributed by atoms with E-state index in [4.69, 9.17) is 0 Å². The Morgan fingerprint density at radius 3 is 2.62 bits per heavy atom. The van der Waals surface area contributed by atoms with Gasteiger partial charge in [-0.2, -0.15) is 0 Å². The number of hydrogen-bond donors (Lipinski definition) is 1. The number of carbonyl (C=O) groups is 1. The second-order valence-electron chi connectivity index (χ2n) is 5.87. The zero-order chi connectivity index (χ0) is 16.8. The zero-order valence-electron chi connectivity index (χ0n) is 13.9. The summed E-state index contributed by atoms with van der Waals surface area (Å²) in [5, 5.41) is 11.6. The Balaban J connectivity index is 1.84. The van der Waals surface area contributed by atoms with Crippen LogP contribution in [0.3, 0.4) is 0 Å². The highest BCUT2D eigenvalue weighted by Gasteiger charge is 2.18. The summed E-state index contributed by atoms with van der Waals surface area (Å²) < 4.78 is 1.83. The van der Waals surface area contributed by atoms with E-state index >= 15 is 0 Å². The highest BCUT2D eigenvalue weighted by atomic mass is 16.1. The van der Waals surface area contributed by atoms with Crippen LogP contribution >= 0.6 is 0 Å². The fourth-order valence-electron chi connectivity index (χ4n) is 2.78. The molecule has 1 unspecified atom stereocenters. The van der Waals surface area contributed by atoms with Crippen LogP contribution in [0.25, 0.3) is 11.0 Å². The van der Waals surface area contributed by atoms with Gasteiger partial charge in [0.05, 0.1) is 5.52 Å². The molecule has 5 heteroatoms. The fourth-order valence-corrected chi connectivity index (χ4v) is 2.78. The number of carbonyl (C=O) groups excluding carboxylic acids is 1. The van der Waals surface area contributed by atoms with Crippen LogP contribution in [0.4, 0.5) is 0 Å². The first-order valence-corrected chi connectivity index (χ1v) is 8.45. The van der Waals surface area contributed by atoms with Crippen LogP contribution < -0.4 is 5.32 Å². The number of aromatic nitrogens is 3. The third-order valence-corrected chi connectivity index (χ3v) is 4.09. The second-order valence-corrected chi connectivity index (χ2v) is 5.87. The van der Waals surface area contributed by atoms with Gasteiger partial charge in [0.15, 0.2) is 0 Å². The molecular formula is C19H22N4O. The van der Waals surface area contributed by atoms with E-state index in [9.17, 15) is 4.79 Å². The van der Waals surface area contributed by atoms with Crippen LogP contribution in [-0.4, -0.2) is 20.9 Å². The Kier molecular flexibility index (Phi) is 5.21. The lowest BCUT2D eigenvalue weighted by Crippen LogP contribution is -2.33. The summed E-state index contributed by atoms with van der Waals surface area (Å²) in [7, 11) is 0. The first-order chi connectivity index (χ1) is 11.8. The van der Waals surface area contributed by atoms with E-state index in [1.165, 1.54) is 0 Å². The number of fused-ring (bicyclic) bond motifs is 1. The number of amides is 1. The van der Waals surface area contributed by atoms with Gasteiger partial charge in [-0.3, -0.25) is 4.79 Å². The largest absolute Gasteiger partial charge is 0.330 e. The first-order valence-electron chi connectivity index (χ1n) is 8.45. The van der Waals surface area contributed by atoms with Gasteiger partial charge in [0.1, 0.15) is 11.7 Å². The molecule has 1 amide bonds. The lowest BCUT2D eigenvalue weighted by Gasteiger charge is -2.19. The SMILES string of the molecule is CCCCCC(NC(=O)c1ccccc1)n1nnc2ccccc21. The molecule has 1 heterocycles. The molecule has 5 nitrogen and oxygen atoms in total. The molecule has 0 saturated carbocycles. The summed E-state index contributed by atoms with van der Waals surface area (Å²) in [5.74, 6) is -0.0864. The van der Waals surface area contributed by atoms with Crippen molar-refractivity contribution in [2.24, 2.45) is 0 Å². The van der Waals surface area contributed by atoms with Gasteiger partial charge in [-0.05, 0) is 37.1 Å². The van der Waals surface area contributed by atoms with Crippen LogP contribution in [0.1, 0.15) is 49.1 Å². The molecule has 124 valence electrons. The molecule has 3 rings (SSSR count). The Morgan fingerprint density at radius 2 is 1.83 bits per heavy atom. The van der Waals surface area contributed by atoms with Crippen molar-refractivity contribution in [3.8, 4) is 0 Å². The van der Waals surface area contributed by atoms with E-state index in [0.29, 0.717) is 5.56 Å². The topological polar surface area (TPSA) is 59.8 Å². The average molecular weight is 322 g/mol. The van der Waals surface area contributed by atoms with E-state index in [-0.39, 0.29) is 12.1 Å². The molecule has 0 spiro atoms. The van der Waals surface area contributed by atoms with Crippen molar-refractivity contribution in [3.63, 3.8) is 0 Å². The van der Waals surface area contributed by atoms with E-state index in [1.54, 1.807) is 0 Å². The third-order valence-electron chi connectivity index (χ3n) is 4.09. The third kappa shape index (κ3) is 3.62. The number of rotatable bonds is 7. The van der Waals surface area contributed by atoms with Crippen molar-refractivity contribution in [1.29, 1.82) is 0 Å². The monoisotopic (exact) mass is 322 g/mol. The molecule has 2 aromatic carbocycles. The maximum atomic E-state index is 12.5. The van der Waals surface area contributed by atoms with Gasteiger partial charge in [0.25, 0.3) is 5.91 Å². The van der Waals surface area contributed by atoms with Gasteiger partial charge in [0.2, 0.25) is 0 Å². The fraction of sp³-hybridized carbons (Fsp3) is 0.316. The minimum Gasteiger partial charge on any atom is -0.330 e. The van der Waals surface area contributed by atoms with Crippen LogP contribution in [0.5, 0.6) is 0 Å². The Bertz CT molecular complexity index is 797. The average Bonchev–Trinajstić information content (AvgIpc) is 3.06. The molecule has 0 aliphatic heterocycles. The minimum atomic E-state index is -0.198. The van der Waals surface area contributed by atoms with Crippen molar-refractivity contribution >= 4 is 16.9 Å². The Labute approximate surface area is 141 Å². The highest BCUT2D eigenvalue weighted by Crippen LogP contribution is 2.19.